The van der Waals surface area contributed by atoms with Crippen LogP contribution in [0.1, 0.15) is 48.5 Å². The van der Waals surface area contributed by atoms with Crippen LogP contribution in [-0.4, -0.2) is 56.5 Å². The van der Waals surface area contributed by atoms with Crippen LogP contribution in [0, 0.1) is 0 Å². The molecule has 1 aliphatic carbocycles. The number of carbonyl (C=O) groups is 1. The lowest BCUT2D eigenvalue weighted by Gasteiger charge is -2.32. The van der Waals surface area contributed by atoms with E-state index in [-0.39, 0.29) is 17.6 Å². The van der Waals surface area contributed by atoms with Gasteiger partial charge in [0.25, 0.3) is 5.91 Å². The summed E-state index contributed by atoms with van der Waals surface area (Å²) in [6.07, 6.45) is 12.4. The van der Waals surface area contributed by atoms with Crippen LogP contribution in [0.4, 0.5) is 5.95 Å². The van der Waals surface area contributed by atoms with Gasteiger partial charge < -0.3 is 15.0 Å². The van der Waals surface area contributed by atoms with Gasteiger partial charge in [-0.3, -0.25) is 4.79 Å². The highest BCUT2D eigenvalue weighted by molar-refractivity contribution is 5.93. The van der Waals surface area contributed by atoms with Crippen LogP contribution >= 0.6 is 0 Å². The van der Waals surface area contributed by atoms with Crippen molar-refractivity contribution in [3.63, 3.8) is 0 Å². The molecule has 8 heteroatoms. The fourth-order valence-electron chi connectivity index (χ4n) is 3.55. The van der Waals surface area contributed by atoms with Crippen molar-refractivity contribution in [2.24, 2.45) is 0 Å². The minimum absolute atomic E-state index is 0.0384. The summed E-state index contributed by atoms with van der Waals surface area (Å²) in [5, 5.41) is 3.37. The second-order valence-electron chi connectivity index (χ2n) is 7.10. The van der Waals surface area contributed by atoms with E-state index in [0.29, 0.717) is 24.7 Å². The SMILES string of the molecule is CCOC1CCCN(C(=O)c2cnc(NC3(c4cncnc4)CC3)nc2)C1. The average molecular weight is 368 g/mol. The van der Waals surface area contributed by atoms with Gasteiger partial charge in [0.05, 0.1) is 17.2 Å². The first-order chi connectivity index (χ1) is 13.2. The van der Waals surface area contributed by atoms with Crippen LogP contribution in [0.3, 0.4) is 0 Å². The fourth-order valence-corrected chi connectivity index (χ4v) is 3.55. The third-order valence-electron chi connectivity index (χ3n) is 5.18. The molecule has 0 aromatic carbocycles. The minimum Gasteiger partial charge on any atom is -0.377 e. The first-order valence-corrected chi connectivity index (χ1v) is 9.47. The molecule has 0 bridgehead atoms. The number of hydrogen-bond acceptors (Lipinski definition) is 7. The van der Waals surface area contributed by atoms with Crippen LogP contribution < -0.4 is 5.32 Å². The van der Waals surface area contributed by atoms with Gasteiger partial charge in [-0.1, -0.05) is 0 Å². The number of rotatable bonds is 6. The largest absolute Gasteiger partial charge is 0.377 e. The molecule has 1 unspecified atom stereocenters. The zero-order chi connectivity index (χ0) is 18.7. The number of hydrogen-bond donors (Lipinski definition) is 1. The smallest absolute Gasteiger partial charge is 0.257 e. The molecule has 27 heavy (non-hydrogen) atoms. The lowest BCUT2D eigenvalue weighted by molar-refractivity contribution is 0.00721. The Hall–Kier alpha value is -2.61. The van der Waals surface area contributed by atoms with E-state index in [1.807, 2.05) is 24.2 Å². The van der Waals surface area contributed by atoms with Crippen molar-refractivity contribution in [3.8, 4) is 0 Å². The number of carbonyl (C=O) groups excluding carboxylic acids is 1. The number of nitrogens with zero attached hydrogens (tertiary/aromatic N) is 5. The fraction of sp³-hybridized carbons (Fsp3) is 0.526. The van der Waals surface area contributed by atoms with Gasteiger partial charge in [-0.05, 0) is 32.6 Å². The Morgan fingerprint density at radius 2 is 2.00 bits per heavy atom. The standard InChI is InChI=1S/C19H24N6O2/c1-2-27-16-4-3-7-25(12-16)17(26)14-8-22-18(23-9-14)24-19(5-6-19)15-10-20-13-21-11-15/h8-11,13,16H,2-7,12H2,1H3,(H,22,23,24). The van der Waals surface area contributed by atoms with E-state index in [1.54, 1.807) is 12.4 Å². The third-order valence-corrected chi connectivity index (χ3v) is 5.18. The maximum absolute atomic E-state index is 12.7. The van der Waals surface area contributed by atoms with Gasteiger partial charge in [0.2, 0.25) is 5.95 Å². The number of piperidine rings is 1. The van der Waals surface area contributed by atoms with Gasteiger partial charge in [0, 0.05) is 50.0 Å². The number of aromatic nitrogens is 4. The molecular weight excluding hydrogens is 344 g/mol. The summed E-state index contributed by atoms with van der Waals surface area (Å²) in [5.74, 6) is 0.474. The Morgan fingerprint density at radius 3 is 2.67 bits per heavy atom. The summed E-state index contributed by atoms with van der Waals surface area (Å²) in [4.78, 5) is 31.5. The van der Waals surface area contributed by atoms with Gasteiger partial charge in [-0.2, -0.15) is 0 Å². The number of nitrogens with one attached hydrogen (secondary N) is 1. The molecule has 0 spiro atoms. The Labute approximate surface area is 158 Å². The topological polar surface area (TPSA) is 93.1 Å². The summed E-state index contributed by atoms with van der Waals surface area (Å²) in [5.41, 5.74) is 1.35. The number of likely N-dealkylation sites (tertiary alicyclic amines) is 1. The Kier molecular flexibility index (Phi) is 4.98. The molecule has 0 radical (unpaired) electrons. The molecule has 1 atom stereocenters. The second-order valence-corrected chi connectivity index (χ2v) is 7.10. The van der Waals surface area contributed by atoms with E-state index in [2.05, 4.69) is 25.3 Å². The van der Waals surface area contributed by atoms with Crippen LogP contribution in [0.25, 0.3) is 0 Å². The van der Waals surface area contributed by atoms with Gasteiger partial charge in [-0.25, -0.2) is 19.9 Å². The normalized spacial score (nSPS) is 20.9. The van der Waals surface area contributed by atoms with E-state index in [0.717, 1.165) is 37.8 Å². The molecule has 2 fully saturated rings. The Bertz CT molecular complexity index is 777. The van der Waals surface area contributed by atoms with Crippen LogP contribution in [0.15, 0.2) is 31.1 Å². The predicted molar refractivity (Wildman–Crippen MR) is 99.2 cm³/mol. The maximum atomic E-state index is 12.7. The van der Waals surface area contributed by atoms with E-state index < -0.39 is 0 Å². The maximum Gasteiger partial charge on any atom is 0.257 e. The van der Waals surface area contributed by atoms with Crippen molar-refractivity contribution in [2.75, 3.05) is 25.0 Å². The summed E-state index contributed by atoms with van der Waals surface area (Å²) < 4.78 is 5.68. The minimum atomic E-state index is -0.190. The highest BCUT2D eigenvalue weighted by Crippen LogP contribution is 2.47. The summed E-state index contributed by atoms with van der Waals surface area (Å²) >= 11 is 0. The third kappa shape index (κ3) is 3.90. The average Bonchev–Trinajstić information content (AvgIpc) is 3.50. The molecule has 1 N–H and O–H groups in total. The molecule has 3 heterocycles. The molecule has 4 rings (SSSR count). The van der Waals surface area contributed by atoms with E-state index in [1.165, 1.54) is 6.33 Å². The van der Waals surface area contributed by atoms with Gasteiger partial charge in [0.1, 0.15) is 6.33 Å². The van der Waals surface area contributed by atoms with Crippen LogP contribution in [0.2, 0.25) is 0 Å². The molecule has 2 aromatic rings. The van der Waals surface area contributed by atoms with E-state index >= 15 is 0 Å². The van der Waals surface area contributed by atoms with Gasteiger partial charge in [0.15, 0.2) is 0 Å². The first-order valence-electron chi connectivity index (χ1n) is 9.47. The van der Waals surface area contributed by atoms with Crippen molar-refractivity contribution < 1.29 is 9.53 Å². The van der Waals surface area contributed by atoms with Crippen molar-refractivity contribution in [1.82, 2.24) is 24.8 Å². The van der Waals surface area contributed by atoms with Crippen molar-refractivity contribution >= 4 is 11.9 Å². The van der Waals surface area contributed by atoms with E-state index in [9.17, 15) is 4.79 Å². The number of amides is 1. The van der Waals surface area contributed by atoms with Crippen LogP contribution in [0.5, 0.6) is 0 Å². The highest BCUT2D eigenvalue weighted by Gasteiger charge is 2.45. The zero-order valence-electron chi connectivity index (χ0n) is 15.5. The predicted octanol–water partition coefficient (Wildman–Crippen LogP) is 2.01. The molecule has 1 saturated heterocycles. The van der Waals surface area contributed by atoms with E-state index in [4.69, 9.17) is 4.74 Å². The molecule has 1 saturated carbocycles. The quantitative estimate of drug-likeness (QED) is 0.833. The molecule has 1 aliphatic heterocycles. The van der Waals surface area contributed by atoms with Crippen molar-refractivity contribution in [1.29, 1.82) is 0 Å². The number of ether oxygens (including phenoxy) is 1. The Balaban J connectivity index is 1.41. The lowest BCUT2D eigenvalue weighted by atomic mass is 10.1. The van der Waals surface area contributed by atoms with Crippen LogP contribution in [-0.2, 0) is 10.3 Å². The van der Waals surface area contributed by atoms with Crippen molar-refractivity contribution in [3.05, 3.63) is 42.2 Å². The Morgan fingerprint density at radius 1 is 1.26 bits per heavy atom. The van der Waals surface area contributed by atoms with Gasteiger partial charge >= 0.3 is 0 Å². The monoisotopic (exact) mass is 368 g/mol. The number of anilines is 1. The molecular formula is C19H24N6O2. The molecule has 1 amide bonds. The molecule has 2 aromatic heterocycles. The highest BCUT2D eigenvalue weighted by atomic mass is 16.5. The summed E-state index contributed by atoms with van der Waals surface area (Å²) in [6, 6.07) is 0. The lowest BCUT2D eigenvalue weighted by Crippen LogP contribution is -2.43. The summed E-state index contributed by atoms with van der Waals surface area (Å²) in [7, 11) is 0. The first kappa shape index (κ1) is 17.8. The molecule has 2 aliphatic rings. The summed E-state index contributed by atoms with van der Waals surface area (Å²) in [6.45, 7) is 4.03. The van der Waals surface area contributed by atoms with Crippen molar-refractivity contribution in [2.45, 2.75) is 44.2 Å². The second kappa shape index (κ2) is 7.56. The molecule has 8 nitrogen and oxygen atoms in total. The molecule has 142 valence electrons. The zero-order valence-corrected chi connectivity index (χ0v) is 15.5. The van der Waals surface area contributed by atoms with Gasteiger partial charge in [-0.15, -0.1) is 0 Å².